The fraction of sp³-hybridized carbons (Fsp3) is 0.286. The molecule has 0 aliphatic rings. The van der Waals surface area contributed by atoms with Crippen LogP contribution in [-0.4, -0.2) is 20.7 Å². The molecule has 5 nitrogen and oxygen atoms in total. The number of nitrogens with one attached hydrogen (secondary N) is 1. The summed E-state index contributed by atoms with van der Waals surface area (Å²) in [7, 11) is 0. The molecule has 2 heterocycles. The Hall–Kier alpha value is -2.73. The Labute approximate surface area is 168 Å². The Morgan fingerprint density at radius 3 is 2.50 bits per heavy atom. The molecule has 0 aliphatic carbocycles. The monoisotopic (exact) mass is 400 g/mol. The van der Waals surface area contributed by atoms with Gasteiger partial charge in [0.25, 0.3) is 5.91 Å². The van der Waals surface area contributed by atoms with Crippen LogP contribution in [0.3, 0.4) is 0 Å². The summed E-state index contributed by atoms with van der Waals surface area (Å²) in [5.41, 5.74) is 3.08. The van der Waals surface area contributed by atoms with E-state index in [0.717, 1.165) is 16.8 Å². The molecule has 0 bridgehead atoms. The first-order chi connectivity index (χ1) is 13.1. The molecule has 2 aromatic heterocycles. The van der Waals surface area contributed by atoms with Crippen LogP contribution >= 0.6 is 11.6 Å². The number of rotatable bonds is 4. The molecule has 146 valence electrons. The van der Waals surface area contributed by atoms with Crippen LogP contribution in [0, 0.1) is 12.7 Å². The van der Waals surface area contributed by atoms with Crippen molar-refractivity contribution in [1.29, 1.82) is 0 Å². The van der Waals surface area contributed by atoms with Gasteiger partial charge in [-0.05, 0) is 42.3 Å². The van der Waals surface area contributed by atoms with Crippen molar-refractivity contribution in [3.63, 3.8) is 0 Å². The van der Waals surface area contributed by atoms with E-state index in [1.165, 1.54) is 12.1 Å². The van der Waals surface area contributed by atoms with Gasteiger partial charge in [0, 0.05) is 11.6 Å². The van der Waals surface area contributed by atoms with Crippen molar-refractivity contribution in [2.24, 2.45) is 0 Å². The molecule has 1 aromatic carbocycles. The topological polar surface area (TPSA) is 59.8 Å². The van der Waals surface area contributed by atoms with Gasteiger partial charge in [0.05, 0.1) is 17.9 Å². The van der Waals surface area contributed by atoms with Gasteiger partial charge >= 0.3 is 0 Å². The maximum Gasteiger partial charge on any atom is 0.274 e. The number of pyridine rings is 1. The van der Waals surface area contributed by atoms with E-state index in [4.69, 9.17) is 11.6 Å². The van der Waals surface area contributed by atoms with Crippen LogP contribution in [0.5, 0.6) is 0 Å². The first kappa shape index (κ1) is 20.0. The van der Waals surface area contributed by atoms with Gasteiger partial charge in [-0.25, -0.2) is 9.37 Å². The SMILES string of the molecule is Cc1ccnc(Cl)c1NC(=O)c1cc(C(C)(C)C)nn1Cc1ccc(F)cc1. The summed E-state index contributed by atoms with van der Waals surface area (Å²) < 4.78 is 14.8. The van der Waals surface area contributed by atoms with E-state index >= 15 is 0 Å². The lowest BCUT2D eigenvalue weighted by Crippen LogP contribution is -2.19. The zero-order valence-electron chi connectivity index (χ0n) is 16.3. The quantitative estimate of drug-likeness (QED) is 0.628. The highest BCUT2D eigenvalue weighted by atomic mass is 35.5. The van der Waals surface area contributed by atoms with Gasteiger partial charge in [-0.2, -0.15) is 5.10 Å². The predicted octanol–water partition coefficient (Wildman–Crippen LogP) is 4.98. The first-order valence-corrected chi connectivity index (χ1v) is 9.28. The number of benzene rings is 1. The van der Waals surface area contributed by atoms with E-state index in [9.17, 15) is 9.18 Å². The summed E-state index contributed by atoms with van der Waals surface area (Å²) in [5.74, 6) is -0.637. The molecule has 0 saturated carbocycles. The Bertz CT molecular complexity index is 986. The summed E-state index contributed by atoms with van der Waals surface area (Å²) >= 11 is 6.14. The molecule has 3 aromatic rings. The van der Waals surface area contributed by atoms with Gasteiger partial charge in [0.1, 0.15) is 11.5 Å². The van der Waals surface area contributed by atoms with Gasteiger partial charge < -0.3 is 5.32 Å². The summed E-state index contributed by atoms with van der Waals surface area (Å²) in [6.45, 7) is 8.28. The summed E-state index contributed by atoms with van der Waals surface area (Å²) in [6, 6.07) is 9.69. The molecular formula is C21H22ClFN4O. The van der Waals surface area contributed by atoms with Crippen LogP contribution in [0.2, 0.25) is 5.15 Å². The molecule has 0 saturated heterocycles. The Morgan fingerprint density at radius 1 is 1.21 bits per heavy atom. The third-order valence-corrected chi connectivity index (χ3v) is 4.66. The highest BCUT2D eigenvalue weighted by molar-refractivity contribution is 6.32. The van der Waals surface area contributed by atoms with Crippen LogP contribution in [0.25, 0.3) is 0 Å². The molecule has 28 heavy (non-hydrogen) atoms. The van der Waals surface area contributed by atoms with Crippen LogP contribution in [-0.2, 0) is 12.0 Å². The summed E-state index contributed by atoms with van der Waals surface area (Å²) in [5, 5.41) is 7.69. The number of aryl methyl sites for hydroxylation is 1. The number of carbonyl (C=O) groups excluding carboxylic acids is 1. The average molecular weight is 401 g/mol. The van der Waals surface area contributed by atoms with E-state index in [2.05, 4.69) is 15.4 Å². The maximum atomic E-state index is 13.2. The molecule has 0 unspecified atom stereocenters. The molecule has 0 radical (unpaired) electrons. The van der Waals surface area contributed by atoms with Crippen molar-refractivity contribution in [2.75, 3.05) is 5.32 Å². The van der Waals surface area contributed by atoms with Crippen molar-refractivity contribution >= 4 is 23.2 Å². The highest BCUT2D eigenvalue weighted by Crippen LogP contribution is 2.26. The zero-order chi connectivity index (χ0) is 20.5. The van der Waals surface area contributed by atoms with Crippen molar-refractivity contribution < 1.29 is 9.18 Å². The predicted molar refractivity (Wildman–Crippen MR) is 108 cm³/mol. The maximum absolute atomic E-state index is 13.2. The molecular weight excluding hydrogens is 379 g/mol. The second kappa shape index (κ2) is 7.72. The van der Waals surface area contributed by atoms with Crippen molar-refractivity contribution in [3.8, 4) is 0 Å². The lowest BCUT2D eigenvalue weighted by molar-refractivity contribution is 0.101. The normalized spacial score (nSPS) is 11.5. The van der Waals surface area contributed by atoms with Crippen molar-refractivity contribution in [3.05, 3.63) is 76.1 Å². The van der Waals surface area contributed by atoms with Gasteiger partial charge in [0.15, 0.2) is 5.15 Å². The van der Waals surface area contributed by atoms with E-state index < -0.39 is 0 Å². The Kier molecular flexibility index (Phi) is 5.52. The molecule has 7 heteroatoms. The molecule has 0 atom stereocenters. The molecule has 0 aliphatic heterocycles. The number of hydrogen-bond acceptors (Lipinski definition) is 3. The standard InChI is InChI=1S/C21H22ClFN4O/c1-13-9-10-24-19(22)18(13)25-20(28)16-11-17(21(2,3)4)26-27(16)12-14-5-7-15(23)8-6-14/h5-11H,12H2,1-4H3,(H,25,28). The molecule has 0 fully saturated rings. The molecule has 0 spiro atoms. The van der Waals surface area contributed by atoms with Crippen LogP contribution in [0.1, 0.15) is 48.1 Å². The van der Waals surface area contributed by atoms with Gasteiger partial charge in [0.2, 0.25) is 0 Å². The van der Waals surface area contributed by atoms with E-state index in [0.29, 0.717) is 17.9 Å². The number of aromatic nitrogens is 3. The minimum atomic E-state index is -0.330. The van der Waals surface area contributed by atoms with E-state index in [1.54, 1.807) is 35.1 Å². The molecule has 3 rings (SSSR count). The number of nitrogens with zero attached hydrogens (tertiary/aromatic N) is 3. The number of hydrogen-bond donors (Lipinski definition) is 1. The minimum Gasteiger partial charge on any atom is -0.318 e. The van der Waals surface area contributed by atoms with Gasteiger partial charge in [-0.1, -0.05) is 44.5 Å². The Balaban J connectivity index is 1.97. The Morgan fingerprint density at radius 2 is 1.89 bits per heavy atom. The largest absolute Gasteiger partial charge is 0.318 e. The number of amides is 1. The van der Waals surface area contributed by atoms with Gasteiger partial charge in [-0.3, -0.25) is 9.48 Å². The molecule has 1 amide bonds. The highest BCUT2D eigenvalue weighted by Gasteiger charge is 2.24. The smallest absolute Gasteiger partial charge is 0.274 e. The molecule has 1 N–H and O–H groups in total. The van der Waals surface area contributed by atoms with Crippen molar-refractivity contribution in [1.82, 2.24) is 14.8 Å². The van der Waals surface area contributed by atoms with Crippen LogP contribution in [0.15, 0.2) is 42.6 Å². The number of halogens is 2. The fourth-order valence-electron chi connectivity index (χ4n) is 2.70. The average Bonchev–Trinajstić information content (AvgIpc) is 3.04. The third kappa shape index (κ3) is 4.39. The fourth-order valence-corrected chi connectivity index (χ4v) is 2.95. The van der Waals surface area contributed by atoms with Crippen molar-refractivity contribution in [2.45, 2.75) is 39.7 Å². The summed E-state index contributed by atoms with van der Waals surface area (Å²) in [4.78, 5) is 17.0. The lowest BCUT2D eigenvalue weighted by atomic mass is 9.92. The third-order valence-electron chi connectivity index (χ3n) is 4.38. The first-order valence-electron chi connectivity index (χ1n) is 8.90. The number of anilines is 1. The van der Waals surface area contributed by atoms with Gasteiger partial charge in [-0.15, -0.1) is 0 Å². The lowest BCUT2D eigenvalue weighted by Gasteiger charge is -2.14. The van der Waals surface area contributed by atoms with Crippen LogP contribution < -0.4 is 5.32 Å². The summed E-state index contributed by atoms with van der Waals surface area (Å²) in [6.07, 6.45) is 1.59. The van der Waals surface area contributed by atoms with E-state index in [-0.39, 0.29) is 22.3 Å². The second-order valence-electron chi connectivity index (χ2n) is 7.70. The zero-order valence-corrected chi connectivity index (χ0v) is 17.0. The van der Waals surface area contributed by atoms with Crippen LogP contribution in [0.4, 0.5) is 10.1 Å². The number of carbonyl (C=O) groups is 1. The minimum absolute atomic E-state index is 0.231. The second-order valence-corrected chi connectivity index (χ2v) is 8.05. The van der Waals surface area contributed by atoms with E-state index in [1.807, 2.05) is 27.7 Å².